The molecule has 1 N–H and O–H groups in total. The number of ether oxygens (including phenoxy) is 1. The van der Waals surface area contributed by atoms with E-state index in [1.807, 2.05) is 12.1 Å². The predicted molar refractivity (Wildman–Crippen MR) is 108 cm³/mol. The molecule has 1 amide bonds. The molecule has 1 aliphatic heterocycles. The molecule has 0 radical (unpaired) electrons. The topological polar surface area (TPSA) is 44.8 Å². The molecule has 1 aromatic rings. The van der Waals surface area contributed by atoms with Crippen LogP contribution >= 0.6 is 0 Å². The van der Waals surface area contributed by atoms with Crippen molar-refractivity contribution in [2.75, 3.05) is 44.7 Å². The van der Waals surface area contributed by atoms with E-state index in [2.05, 4.69) is 41.1 Å². The number of anilines is 1. The first-order chi connectivity index (χ1) is 12.6. The molecule has 0 unspecified atom stereocenters. The number of unbranched alkanes of at least 4 members (excludes halogenated alkanes) is 3. The summed E-state index contributed by atoms with van der Waals surface area (Å²) in [4.78, 5) is 16.9. The second-order valence-electron chi connectivity index (χ2n) is 7.28. The van der Waals surface area contributed by atoms with Gasteiger partial charge in [-0.1, -0.05) is 32.6 Å². The van der Waals surface area contributed by atoms with Crippen molar-refractivity contribution in [3.8, 4) is 5.75 Å². The van der Waals surface area contributed by atoms with Gasteiger partial charge in [-0.3, -0.25) is 9.69 Å². The number of benzene rings is 1. The third kappa shape index (κ3) is 6.87. The molecule has 1 aliphatic rings. The summed E-state index contributed by atoms with van der Waals surface area (Å²) in [7, 11) is 1.69. The zero-order valence-corrected chi connectivity index (χ0v) is 16.7. The van der Waals surface area contributed by atoms with E-state index in [-0.39, 0.29) is 11.9 Å². The van der Waals surface area contributed by atoms with E-state index in [0.29, 0.717) is 6.54 Å². The fourth-order valence-corrected chi connectivity index (χ4v) is 3.43. The number of piperazine rings is 1. The zero-order chi connectivity index (χ0) is 18.8. The van der Waals surface area contributed by atoms with Gasteiger partial charge in [-0.2, -0.15) is 0 Å². The molecule has 0 bridgehead atoms. The SMILES string of the molecule is CCCCCC[C@H](C)NC(=O)CN1CCN(c2ccc(OC)cc2)CC1. The van der Waals surface area contributed by atoms with Gasteiger partial charge >= 0.3 is 0 Å². The highest BCUT2D eigenvalue weighted by Gasteiger charge is 2.19. The van der Waals surface area contributed by atoms with Crippen molar-refractivity contribution in [2.45, 2.75) is 52.0 Å². The van der Waals surface area contributed by atoms with Gasteiger partial charge in [0.05, 0.1) is 13.7 Å². The van der Waals surface area contributed by atoms with E-state index in [4.69, 9.17) is 4.74 Å². The lowest BCUT2D eigenvalue weighted by atomic mass is 10.1. The molecule has 2 rings (SSSR count). The largest absolute Gasteiger partial charge is 0.497 e. The Labute approximate surface area is 158 Å². The molecule has 0 aliphatic carbocycles. The lowest BCUT2D eigenvalue weighted by molar-refractivity contribution is -0.123. The molecule has 1 heterocycles. The zero-order valence-electron chi connectivity index (χ0n) is 16.7. The Morgan fingerprint density at radius 3 is 2.42 bits per heavy atom. The predicted octanol–water partition coefficient (Wildman–Crippen LogP) is 3.29. The first-order valence-electron chi connectivity index (χ1n) is 10.0. The van der Waals surface area contributed by atoms with Crippen LogP contribution in [-0.4, -0.2) is 56.7 Å². The molecule has 1 saturated heterocycles. The van der Waals surface area contributed by atoms with E-state index in [0.717, 1.165) is 38.3 Å². The van der Waals surface area contributed by atoms with Gasteiger partial charge in [0.15, 0.2) is 0 Å². The number of nitrogens with zero attached hydrogens (tertiary/aromatic N) is 2. The molecular formula is C21H35N3O2. The molecule has 1 fully saturated rings. The molecule has 5 nitrogen and oxygen atoms in total. The average molecular weight is 362 g/mol. The Bertz CT molecular complexity index is 525. The normalized spacial score (nSPS) is 16.3. The van der Waals surface area contributed by atoms with Gasteiger partial charge in [0, 0.05) is 37.9 Å². The molecular weight excluding hydrogens is 326 g/mol. The Hall–Kier alpha value is -1.75. The molecule has 1 aromatic carbocycles. The van der Waals surface area contributed by atoms with Crippen LogP contribution in [0.4, 0.5) is 5.69 Å². The highest BCUT2D eigenvalue weighted by atomic mass is 16.5. The van der Waals surface area contributed by atoms with Crippen molar-refractivity contribution in [3.63, 3.8) is 0 Å². The second kappa shape index (κ2) is 11.1. The molecule has 26 heavy (non-hydrogen) atoms. The van der Waals surface area contributed by atoms with Gasteiger partial charge in [0.1, 0.15) is 5.75 Å². The smallest absolute Gasteiger partial charge is 0.234 e. The maximum atomic E-state index is 12.3. The minimum absolute atomic E-state index is 0.158. The van der Waals surface area contributed by atoms with Crippen LogP contribution < -0.4 is 15.0 Å². The number of amides is 1. The minimum atomic E-state index is 0.158. The summed E-state index contributed by atoms with van der Waals surface area (Å²) in [5.74, 6) is 1.04. The molecule has 0 spiro atoms. The van der Waals surface area contributed by atoms with Crippen molar-refractivity contribution < 1.29 is 9.53 Å². The van der Waals surface area contributed by atoms with Crippen LogP contribution in [0.5, 0.6) is 5.75 Å². The first-order valence-corrected chi connectivity index (χ1v) is 10.0. The summed E-state index contributed by atoms with van der Waals surface area (Å²) < 4.78 is 5.21. The molecule has 1 atom stereocenters. The number of hydrogen-bond donors (Lipinski definition) is 1. The Morgan fingerprint density at radius 2 is 1.81 bits per heavy atom. The van der Waals surface area contributed by atoms with Crippen molar-refractivity contribution in [1.82, 2.24) is 10.2 Å². The van der Waals surface area contributed by atoms with Gasteiger partial charge in [-0.25, -0.2) is 0 Å². The van der Waals surface area contributed by atoms with E-state index in [1.54, 1.807) is 7.11 Å². The Kier molecular flexibility index (Phi) is 8.75. The van der Waals surface area contributed by atoms with E-state index >= 15 is 0 Å². The van der Waals surface area contributed by atoms with E-state index < -0.39 is 0 Å². The van der Waals surface area contributed by atoms with Gasteiger partial charge in [0.25, 0.3) is 0 Å². The van der Waals surface area contributed by atoms with Crippen LogP contribution in [0.2, 0.25) is 0 Å². The summed E-state index contributed by atoms with van der Waals surface area (Å²) >= 11 is 0. The van der Waals surface area contributed by atoms with Crippen molar-refractivity contribution in [1.29, 1.82) is 0 Å². The molecule has 146 valence electrons. The van der Waals surface area contributed by atoms with E-state index in [1.165, 1.54) is 31.4 Å². The maximum absolute atomic E-state index is 12.3. The van der Waals surface area contributed by atoms with E-state index in [9.17, 15) is 4.79 Å². The standard InChI is InChI=1S/C21H35N3O2/c1-4-5-6-7-8-18(2)22-21(25)17-23-13-15-24(16-14-23)19-9-11-20(26-3)12-10-19/h9-12,18H,4-8,13-17H2,1-3H3,(H,22,25)/t18-/m0/s1. The number of methoxy groups -OCH3 is 1. The molecule has 5 heteroatoms. The summed E-state index contributed by atoms with van der Waals surface area (Å²) in [6.07, 6.45) is 6.10. The summed E-state index contributed by atoms with van der Waals surface area (Å²) in [5, 5.41) is 3.15. The third-order valence-corrected chi connectivity index (χ3v) is 5.08. The van der Waals surface area contributed by atoms with Crippen LogP contribution in [0.1, 0.15) is 46.0 Å². The Balaban J connectivity index is 1.66. The molecule has 0 aromatic heterocycles. The number of hydrogen-bond acceptors (Lipinski definition) is 4. The molecule has 0 saturated carbocycles. The Morgan fingerprint density at radius 1 is 1.12 bits per heavy atom. The lowest BCUT2D eigenvalue weighted by Crippen LogP contribution is -2.50. The van der Waals surface area contributed by atoms with Crippen molar-refractivity contribution in [3.05, 3.63) is 24.3 Å². The highest BCUT2D eigenvalue weighted by molar-refractivity contribution is 5.78. The summed E-state index contributed by atoms with van der Waals surface area (Å²) in [6, 6.07) is 8.47. The summed E-state index contributed by atoms with van der Waals surface area (Å²) in [5.41, 5.74) is 1.22. The van der Waals surface area contributed by atoms with Crippen LogP contribution in [-0.2, 0) is 4.79 Å². The maximum Gasteiger partial charge on any atom is 0.234 e. The fraction of sp³-hybridized carbons (Fsp3) is 0.667. The third-order valence-electron chi connectivity index (χ3n) is 5.08. The average Bonchev–Trinajstić information content (AvgIpc) is 2.66. The van der Waals surface area contributed by atoms with Gasteiger partial charge < -0.3 is 15.0 Å². The monoisotopic (exact) mass is 361 g/mol. The first kappa shape index (κ1) is 20.6. The fourth-order valence-electron chi connectivity index (χ4n) is 3.43. The number of carbonyl (C=O) groups excluding carboxylic acids is 1. The number of nitrogens with one attached hydrogen (secondary N) is 1. The highest BCUT2D eigenvalue weighted by Crippen LogP contribution is 2.20. The van der Waals surface area contributed by atoms with Crippen LogP contribution in [0.25, 0.3) is 0 Å². The lowest BCUT2D eigenvalue weighted by Gasteiger charge is -2.36. The minimum Gasteiger partial charge on any atom is -0.497 e. The van der Waals surface area contributed by atoms with Gasteiger partial charge in [-0.15, -0.1) is 0 Å². The van der Waals surface area contributed by atoms with Gasteiger partial charge in [0.2, 0.25) is 5.91 Å². The van der Waals surface area contributed by atoms with Gasteiger partial charge in [-0.05, 0) is 37.6 Å². The quantitative estimate of drug-likeness (QED) is 0.650. The second-order valence-corrected chi connectivity index (χ2v) is 7.28. The van der Waals surface area contributed by atoms with Crippen molar-refractivity contribution >= 4 is 11.6 Å². The van der Waals surface area contributed by atoms with Crippen LogP contribution in [0.3, 0.4) is 0 Å². The van der Waals surface area contributed by atoms with Crippen LogP contribution in [0.15, 0.2) is 24.3 Å². The summed E-state index contributed by atoms with van der Waals surface area (Å²) in [6.45, 7) is 8.59. The van der Waals surface area contributed by atoms with Crippen LogP contribution in [0, 0.1) is 0 Å². The number of rotatable bonds is 10. The van der Waals surface area contributed by atoms with Crippen molar-refractivity contribution in [2.24, 2.45) is 0 Å². The number of carbonyl (C=O) groups is 1.